The van der Waals surface area contributed by atoms with Crippen molar-refractivity contribution < 1.29 is 13.2 Å². The summed E-state index contributed by atoms with van der Waals surface area (Å²) in [5, 5.41) is 3.38. The number of piperidine rings is 1. The summed E-state index contributed by atoms with van der Waals surface area (Å²) in [6.45, 7) is 5.32. The fourth-order valence-electron chi connectivity index (χ4n) is 2.58. The van der Waals surface area contributed by atoms with E-state index in [1.165, 1.54) is 0 Å². The average molecular weight is 322 g/mol. The van der Waals surface area contributed by atoms with Crippen LogP contribution in [-0.2, 0) is 6.18 Å². The van der Waals surface area contributed by atoms with Crippen LogP contribution in [-0.4, -0.2) is 31.2 Å². The van der Waals surface area contributed by atoms with Gasteiger partial charge in [0.15, 0.2) is 0 Å². The summed E-state index contributed by atoms with van der Waals surface area (Å²) in [7, 11) is 0. The van der Waals surface area contributed by atoms with Gasteiger partial charge in [-0.25, -0.2) is 4.98 Å². The van der Waals surface area contributed by atoms with Crippen LogP contribution in [0.25, 0.3) is 0 Å². The lowest BCUT2D eigenvalue weighted by Crippen LogP contribution is -2.38. The Bertz CT molecular complexity index is 473. The number of nitrogens with one attached hydrogen (secondary N) is 1. The van der Waals surface area contributed by atoms with E-state index in [0.29, 0.717) is 18.3 Å². The smallest absolute Gasteiger partial charge is 0.355 e. The van der Waals surface area contributed by atoms with Crippen LogP contribution in [0.5, 0.6) is 0 Å². The fraction of sp³-hybridized carbons (Fsp3) is 0.643. The Morgan fingerprint density at radius 3 is 2.76 bits per heavy atom. The van der Waals surface area contributed by atoms with Crippen LogP contribution in [0.4, 0.5) is 19.0 Å². The SMILES string of the molecule is CCN(CC1CCCNC1)c1ncc(C(F)(F)F)cc1Cl. The number of alkyl halides is 3. The Hall–Kier alpha value is -1.01. The monoisotopic (exact) mass is 321 g/mol. The summed E-state index contributed by atoms with van der Waals surface area (Å²) in [4.78, 5) is 5.88. The van der Waals surface area contributed by atoms with Crippen molar-refractivity contribution in [3.63, 3.8) is 0 Å². The fourth-order valence-corrected chi connectivity index (χ4v) is 2.86. The molecule has 0 saturated carbocycles. The molecule has 2 rings (SSSR count). The summed E-state index contributed by atoms with van der Waals surface area (Å²) in [5.41, 5.74) is -0.813. The largest absolute Gasteiger partial charge is 0.417 e. The minimum atomic E-state index is -4.42. The molecule has 1 aromatic heterocycles. The number of pyridine rings is 1. The van der Waals surface area contributed by atoms with Gasteiger partial charge in [0.25, 0.3) is 0 Å². The van der Waals surface area contributed by atoms with Gasteiger partial charge in [-0.05, 0) is 44.8 Å². The minimum absolute atomic E-state index is 0.0513. The van der Waals surface area contributed by atoms with Gasteiger partial charge in [-0.3, -0.25) is 0 Å². The molecule has 1 N–H and O–H groups in total. The van der Waals surface area contributed by atoms with E-state index in [-0.39, 0.29) is 5.02 Å². The van der Waals surface area contributed by atoms with Crippen LogP contribution < -0.4 is 10.2 Å². The molecule has 1 saturated heterocycles. The van der Waals surface area contributed by atoms with Crippen LogP contribution in [0.15, 0.2) is 12.3 Å². The molecule has 1 atom stereocenters. The highest BCUT2D eigenvalue weighted by molar-refractivity contribution is 6.33. The lowest BCUT2D eigenvalue weighted by Gasteiger charge is -2.30. The molecule has 0 aromatic carbocycles. The van der Waals surface area contributed by atoms with Crippen molar-refractivity contribution in [3.8, 4) is 0 Å². The maximum Gasteiger partial charge on any atom is 0.417 e. The molecular weight excluding hydrogens is 303 g/mol. The van der Waals surface area contributed by atoms with Crippen molar-refractivity contribution >= 4 is 17.4 Å². The van der Waals surface area contributed by atoms with E-state index >= 15 is 0 Å². The zero-order valence-electron chi connectivity index (χ0n) is 11.9. The third-order valence-corrected chi connectivity index (χ3v) is 3.99. The van der Waals surface area contributed by atoms with Gasteiger partial charge in [0.1, 0.15) is 5.82 Å². The molecule has 118 valence electrons. The molecule has 2 heterocycles. The molecular formula is C14H19ClF3N3. The van der Waals surface area contributed by atoms with Crippen molar-refractivity contribution in [2.45, 2.75) is 25.9 Å². The summed E-state index contributed by atoms with van der Waals surface area (Å²) >= 11 is 6.01. The Morgan fingerprint density at radius 2 is 2.24 bits per heavy atom. The van der Waals surface area contributed by atoms with Gasteiger partial charge in [0.05, 0.1) is 10.6 Å². The minimum Gasteiger partial charge on any atom is -0.355 e. The van der Waals surface area contributed by atoms with E-state index in [1.807, 2.05) is 11.8 Å². The standard InChI is InChI=1S/C14H19ClF3N3/c1-2-21(9-10-4-3-5-19-7-10)13-12(15)6-11(8-20-13)14(16,17)18/h6,8,10,19H,2-5,7,9H2,1H3. The average Bonchev–Trinajstić information content (AvgIpc) is 2.45. The zero-order valence-corrected chi connectivity index (χ0v) is 12.6. The molecule has 7 heteroatoms. The Kier molecular flexibility index (Phi) is 5.32. The maximum atomic E-state index is 12.6. The normalized spacial score (nSPS) is 19.6. The molecule has 0 radical (unpaired) electrons. The van der Waals surface area contributed by atoms with Gasteiger partial charge in [0.2, 0.25) is 0 Å². The second-order valence-corrected chi connectivity index (χ2v) is 5.69. The number of aromatic nitrogens is 1. The second-order valence-electron chi connectivity index (χ2n) is 5.28. The van der Waals surface area contributed by atoms with Crippen molar-refractivity contribution in [1.82, 2.24) is 10.3 Å². The first-order chi connectivity index (χ1) is 9.91. The maximum absolute atomic E-state index is 12.6. The summed E-state index contributed by atoms with van der Waals surface area (Å²) in [5.74, 6) is 0.900. The number of hydrogen-bond donors (Lipinski definition) is 1. The number of nitrogens with zero attached hydrogens (tertiary/aromatic N) is 2. The molecule has 1 aliphatic rings. The summed E-state index contributed by atoms with van der Waals surface area (Å²) in [6, 6.07) is 0.950. The van der Waals surface area contributed by atoms with Gasteiger partial charge in [-0.15, -0.1) is 0 Å². The predicted octanol–water partition coefficient (Wildman–Crippen LogP) is 3.58. The lowest BCUT2D eigenvalue weighted by atomic mass is 9.99. The molecule has 3 nitrogen and oxygen atoms in total. The molecule has 0 aliphatic carbocycles. The van der Waals surface area contributed by atoms with Gasteiger partial charge in [0, 0.05) is 19.3 Å². The van der Waals surface area contributed by atoms with Crippen molar-refractivity contribution in [2.75, 3.05) is 31.1 Å². The van der Waals surface area contributed by atoms with E-state index in [1.54, 1.807) is 0 Å². The van der Waals surface area contributed by atoms with Gasteiger partial charge >= 0.3 is 6.18 Å². The molecule has 1 aromatic rings. The van der Waals surface area contributed by atoms with Crippen molar-refractivity contribution in [3.05, 3.63) is 22.8 Å². The van der Waals surface area contributed by atoms with Crippen LogP contribution in [0.3, 0.4) is 0 Å². The summed E-state index contributed by atoms with van der Waals surface area (Å²) < 4.78 is 37.9. The second kappa shape index (κ2) is 6.83. The highest BCUT2D eigenvalue weighted by atomic mass is 35.5. The number of rotatable bonds is 4. The molecule has 0 bridgehead atoms. The van der Waals surface area contributed by atoms with Crippen LogP contribution >= 0.6 is 11.6 Å². The first-order valence-electron chi connectivity index (χ1n) is 7.10. The molecule has 21 heavy (non-hydrogen) atoms. The van der Waals surface area contributed by atoms with Crippen LogP contribution in [0, 0.1) is 5.92 Å². The topological polar surface area (TPSA) is 28.2 Å². The third kappa shape index (κ3) is 4.23. The molecule has 0 spiro atoms. The van der Waals surface area contributed by atoms with E-state index in [4.69, 9.17) is 11.6 Å². The van der Waals surface area contributed by atoms with Crippen molar-refractivity contribution in [2.24, 2.45) is 5.92 Å². The molecule has 1 fully saturated rings. The van der Waals surface area contributed by atoms with Crippen LogP contribution in [0.2, 0.25) is 5.02 Å². The highest BCUT2D eigenvalue weighted by Crippen LogP contribution is 2.33. The number of anilines is 1. The van der Waals surface area contributed by atoms with E-state index in [0.717, 1.165) is 44.7 Å². The van der Waals surface area contributed by atoms with Crippen molar-refractivity contribution in [1.29, 1.82) is 0 Å². The van der Waals surface area contributed by atoms with Gasteiger partial charge in [-0.2, -0.15) is 13.2 Å². The quantitative estimate of drug-likeness (QED) is 0.918. The Labute approximate surface area is 127 Å². The van der Waals surface area contributed by atoms with Gasteiger partial charge < -0.3 is 10.2 Å². The van der Waals surface area contributed by atoms with E-state index in [9.17, 15) is 13.2 Å². The number of halogens is 4. The summed E-state index contributed by atoms with van der Waals surface area (Å²) in [6.07, 6.45) is -1.33. The third-order valence-electron chi connectivity index (χ3n) is 3.71. The first kappa shape index (κ1) is 16.4. The zero-order chi connectivity index (χ0) is 15.5. The highest BCUT2D eigenvalue weighted by Gasteiger charge is 2.32. The first-order valence-corrected chi connectivity index (χ1v) is 7.48. The predicted molar refractivity (Wildman–Crippen MR) is 77.7 cm³/mol. The van der Waals surface area contributed by atoms with E-state index < -0.39 is 11.7 Å². The molecule has 1 aliphatic heterocycles. The lowest BCUT2D eigenvalue weighted by molar-refractivity contribution is -0.137. The van der Waals surface area contributed by atoms with Crippen LogP contribution in [0.1, 0.15) is 25.3 Å². The Balaban J connectivity index is 2.14. The molecule has 0 amide bonds. The molecule has 1 unspecified atom stereocenters. The van der Waals surface area contributed by atoms with Gasteiger partial charge in [-0.1, -0.05) is 11.6 Å². The Morgan fingerprint density at radius 1 is 1.48 bits per heavy atom. The number of hydrogen-bond acceptors (Lipinski definition) is 3. The van der Waals surface area contributed by atoms with E-state index in [2.05, 4.69) is 10.3 Å².